The highest BCUT2D eigenvalue weighted by Gasteiger charge is 2.10. The fourth-order valence-corrected chi connectivity index (χ4v) is 3.00. The summed E-state index contributed by atoms with van der Waals surface area (Å²) in [6.07, 6.45) is 3.66. The Kier molecular flexibility index (Phi) is 4.71. The molecule has 3 aromatic rings. The molecule has 4 nitrogen and oxygen atoms in total. The van der Waals surface area contributed by atoms with Crippen LogP contribution in [0.15, 0.2) is 63.2 Å². The number of rotatable bonds is 4. The molecular formula is C19H19N3OS. The van der Waals surface area contributed by atoms with Crippen LogP contribution < -0.4 is 5.56 Å². The first-order chi connectivity index (χ1) is 11.6. The number of hydrogen-bond donors (Lipinski definition) is 1. The van der Waals surface area contributed by atoms with Gasteiger partial charge in [-0.2, -0.15) is 0 Å². The van der Waals surface area contributed by atoms with Crippen LogP contribution in [0.1, 0.15) is 16.8 Å². The number of H-pyrrole nitrogens is 1. The monoisotopic (exact) mass is 337 g/mol. The molecule has 0 unspecified atom stereocenters. The van der Waals surface area contributed by atoms with Crippen molar-refractivity contribution < 1.29 is 0 Å². The summed E-state index contributed by atoms with van der Waals surface area (Å²) in [7, 11) is 0. The van der Waals surface area contributed by atoms with Crippen LogP contribution in [-0.4, -0.2) is 22.3 Å². The third kappa shape index (κ3) is 3.21. The van der Waals surface area contributed by atoms with Crippen molar-refractivity contribution in [1.29, 1.82) is 0 Å². The summed E-state index contributed by atoms with van der Waals surface area (Å²) in [5.74, 6) is 0. The van der Waals surface area contributed by atoms with E-state index in [1.807, 2.05) is 68.6 Å². The number of aromatic amines is 1. The van der Waals surface area contributed by atoms with Gasteiger partial charge in [0.15, 0.2) is 0 Å². The minimum atomic E-state index is -0.0956. The summed E-state index contributed by atoms with van der Waals surface area (Å²) in [5.41, 5.74) is 4.12. The molecule has 1 aromatic heterocycles. The Morgan fingerprint density at radius 1 is 1.08 bits per heavy atom. The van der Waals surface area contributed by atoms with E-state index in [9.17, 15) is 4.79 Å². The van der Waals surface area contributed by atoms with E-state index in [0.717, 1.165) is 27.5 Å². The van der Waals surface area contributed by atoms with E-state index in [0.29, 0.717) is 5.56 Å². The fourth-order valence-electron chi connectivity index (χ4n) is 2.46. The summed E-state index contributed by atoms with van der Waals surface area (Å²) >= 11 is 1.64. The molecule has 0 atom stereocenters. The zero-order valence-corrected chi connectivity index (χ0v) is 14.7. The van der Waals surface area contributed by atoms with Gasteiger partial charge in [0, 0.05) is 16.8 Å². The lowest BCUT2D eigenvalue weighted by Crippen LogP contribution is -2.17. The maximum atomic E-state index is 12.7. The fraction of sp³-hybridized carbons (Fsp3) is 0.158. The number of nitrogens with one attached hydrogen (secondary N) is 1. The molecule has 2 aromatic carbocycles. The molecule has 24 heavy (non-hydrogen) atoms. The Bertz CT molecular complexity index is 936. The number of aryl methyl sites for hydroxylation is 2. The van der Waals surface area contributed by atoms with Crippen molar-refractivity contribution in [3.8, 4) is 5.69 Å². The van der Waals surface area contributed by atoms with Crippen molar-refractivity contribution >= 4 is 23.7 Å². The topological polar surface area (TPSA) is 50.1 Å². The maximum absolute atomic E-state index is 12.7. The second-order valence-electron chi connectivity index (χ2n) is 5.56. The van der Waals surface area contributed by atoms with Crippen molar-refractivity contribution in [3.63, 3.8) is 0 Å². The van der Waals surface area contributed by atoms with Crippen molar-refractivity contribution in [1.82, 2.24) is 9.78 Å². The first-order valence-electron chi connectivity index (χ1n) is 7.66. The predicted octanol–water partition coefficient (Wildman–Crippen LogP) is 4.25. The van der Waals surface area contributed by atoms with Crippen LogP contribution in [0.25, 0.3) is 5.69 Å². The zero-order valence-electron chi connectivity index (χ0n) is 13.9. The van der Waals surface area contributed by atoms with Crippen LogP contribution in [0, 0.1) is 13.8 Å². The van der Waals surface area contributed by atoms with Crippen LogP contribution in [0.4, 0.5) is 5.69 Å². The number of hydrogen-bond acceptors (Lipinski definition) is 3. The molecule has 0 amide bonds. The summed E-state index contributed by atoms with van der Waals surface area (Å²) in [6, 6.07) is 15.7. The number of nitrogens with zero attached hydrogens (tertiary/aromatic N) is 2. The Hall–Kier alpha value is -2.53. The van der Waals surface area contributed by atoms with Gasteiger partial charge in [-0.05, 0) is 44.4 Å². The molecule has 0 spiro atoms. The number of aromatic nitrogens is 2. The Morgan fingerprint density at radius 2 is 1.79 bits per heavy atom. The number of para-hydroxylation sites is 1. The molecule has 0 radical (unpaired) electrons. The molecule has 0 saturated heterocycles. The lowest BCUT2D eigenvalue weighted by molar-refractivity contribution is 0.835. The number of aliphatic imine (C=N–C) groups is 1. The quantitative estimate of drug-likeness (QED) is 0.571. The van der Waals surface area contributed by atoms with Gasteiger partial charge >= 0.3 is 0 Å². The number of benzene rings is 2. The van der Waals surface area contributed by atoms with Crippen molar-refractivity contribution in [2.45, 2.75) is 18.7 Å². The molecule has 5 heteroatoms. The Labute approximate surface area is 145 Å². The van der Waals surface area contributed by atoms with Crippen LogP contribution in [0.5, 0.6) is 0 Å². The molecule has 1 N–H and O–H groups in total. The van der Waals surface area contributed by atoms with E-state index in [-0.39, 0.29) is 5.56 Å². The van der Waals surface area contributed by atoms with E-state index in [2.05, 4.69) is 10.1 Å². The lowest BCUT2D eigenvalue weighted by Gasteiger charge is -2.01. The van der Waals surface area contributed by atoms with E-state index in [4.69, 9.17) is 0 Å². The Balaban J connectivity index is 1.99. The highest BCUT2D eigenvalue weighted by atomic mass is 32.2. The predicted molar refractivity (Wildman–Crippen MR) is 101 cm³/mol. The van der Waals surface area contributed by atoms with Crippen LogP contribution >= 0.6 is 11.8 Å². The summed E-state index contributed by atoms with van der Waals surface area (Å²) in [5, 5.41) is 3.12. The second kappa shape index (κ2) is 6.93. The highest BCUT2D eigenvalue weighted by molar-refractivity contribution is 7.98. The SMILES string of the molecule is CSc1ccccc1N=Cc1c(C)[nH]n(-c2ccc(C)cc2)c1=O. The van der Waals surface area contributed by atoms with E-state index < -0.39 is 0 Å². The minimum absolute atomic E-state index is 0.0956. The van der Waals surface area contributed by atoms with Crippen molar-refractivity contribution in [2.24, 2.45) is 4.99 Å². The Morgan fingerprint density at radius 3 is 2.50 bits per heavy atom. The average Bonchev–Trinajstić information content (AvgIpc) is 2.88. The molecule has 0 saturated carbocycles. The standard InChI is InChI=1S/C19H19N3OS/c1-13-8-10-15(11-9-13)22-19(23)16(14(2)21-22)12-20-17-6-4-5-7-18(17)24-3/h4-12,21H,1-3H3. The smallest absolute Gasteiger partial charge is 0.280 e. The van der Waals surface area contributed by atoms with Gasteiger partial charge < -0.3 is 0 Å². The lowest BCUT2D eigenvalue weighted by atomic mass is 10.2. The van der Waals surface area contributed by atoms with Gasteiger partial charge in [-0.15, -0.1) is 11.8 Å². The van der Waals surface area contributed by atoms with E-state index >= 15 is 0 Å². The van der Waals surface area contributed by atoms with Crippen LogP contribution in [0.2, 0.25) is 0 Å². The van der Waals surface area contributed by atoms with Crippen molar-refractivity contribution in [2.75, 3.05) is 6.26 Å². The molecule has 0 aliphatic heterocycles. The molecule has 0 bridgehead atoms. The third-order valence-corrected chi connectivity index (χ3v) is 4.61. The van der Waals surface area contributed by atoms with Gasteiger partial charge in [0.2, 0.25) is 0 Å². The summed E-state index contributed by atoms with van der Waals surface area (Å²) in [6.45, 7) is 3.90. The summed E-state index contributed by atoms with van der Waals surface area (Å²) in [4.78, 5) is 18.3. The first-order valence-corrected chi connectivity index (χ1v) is 8.88. The van der Waals surface area contributed by atoms with E-state index in [1.165, 1.54) is 0 Å². The number of thioether (sulfide) groups is 1. The molecule has 0 aliphatic carbocycles. The van der Waals surface area contributed by atoms with Gasteiger partial charge in [0.05, 0.1) is 16.9 Å². The van der Waals surface area contributed by atoms with E-state index in [1.54, 1.807) is 22.7 Å². The van der Waals surface area contributed by atoms with Crippen molar-refractivity contribution in [3.05, 3.63) is 75.7 Å². The van der Waals surface area contributed by atoms with Gasteiger partial charge in [0.1, 0.15) is 0 Å². The second-order valence-corrected chi connectivity index (χ2v) is 6.40. The first kappa shape index (κ1) is 16.3. The largest absolute Gasteiger partial charge is 0.295 e. The molecular weight excluding hydrogens is 318 g/mol. The van der Waals surface area contributed by atoms with Gasteiger partial charge in [-0.25, -0.2) is 4.68 Å². The maximum Gasteiger partial charge on any atom is 0.280 e. The minimum Gasteiger partial charge on any atom is -0.295 e. The van der Waals surface area contributed by atoms with Gasteiger partial charge in [0.25, 0.3) is 5.56 Å². The molecule has 1 heterocycles. The zero-order chi connectivity index (χ0) is 17.1. The third-order valence-electron chi connectivity index (χ3n) is 3.83. The molecule has 0 aliphatic rings. The molecule has 3 rings (SSSR count). The highest BCUT2D eigenvalue weighted by Crippen LogP contribution is 2.27. The van der Waals surface area contributed by atoms with Gasteiger partial charge in [-0.1, -0.05) is 29.8 Å². The summed E-state index contributed by atoms with van der Waals surface area (Å²) < 4.78 is 1.55. The molecule has 0 fully saturated rings. The van der Waals surface area contributed by atoms with Crippen LogP contribution in [0.3, 0.4) is 0 Å². The normalized spacial score (nSPS) is 11.3. The van der Waals surface area contributed by atoms with Gasteiger partial charge in [-0.3, -0.25) is 14.9 Å². The molecule has 122 valence electrons. The average molecular weight is 337 g/mol. The van der Waals surface area contributed by atoms with Crippen LogP contribution in [-0.2, 0) is 0 Å².